The molecule has 0 fully saturated rings. The summed E-state index contributed by atoms with van der Waals surface area (Å²) in [4.78, 5) is 72.2. The highest BCUT2D eigenvalue weighted by Crippen LogP contribution is 2.45. The molecular formula is C64H124O17P2. The van der Waals surface area contributed by atoms with Crippen LogP contribution in [0.3, 0.4) is 0 Å². The van der Waals surface area contributed by atoms with Crippen molar-refractivity contribution in [3.8, 4) is 0 Å². The van der Waals surface area contributed by atoms with Gasteiger partial charge in [-0.2, -0.15) is 0 Å². The molecule has 0 saturated heterocycles. The Morgan fingerprint density at radius 1 is 0.337 bits per heavy atom. The van der Waals surface area contributed by atoms with Crippen molar-refractivity contribution < 1.29 is 80.2 Å². The number of aliphatic hydroxyl groups excluding tert-OH is 1. The van der Waals surface area contributed by atoms with Crippen LogP contribution in [0.2, 0.25) is 0 Å². The monoisotopic (exact) mass is 1230 g/mol. The van der Waals surface area contributed by atoms with Crippen molar-refractivity contribution >= 4 is 39.5 Å². The van der Waals surface area contributed by atoms with E-state index in [-0.39, 0.29) is 25.7 Å². The van der Waals surface area contributed by atoms with Crippen molar-refractivity contribution in [2.24, 2.45) is 23.7 Å². The highest BCUT2D eigenvalue weighted by Gasteiger charge is 2.30. The molecule has 0 spiro atoms. The quantitative estimate of drug-likeness (QED) is 0.0222. The van der Waals surface area contributed by atoms with E-state index in [1.165, 1.54) is 96.3 Å². The topological polar surface area (TPSA) is 237 Å². The van der Waals surface area contributed by atoms with Crippen LogP contribution in [-0.4, -0.2) is 96.7 Å². The third-order valence-corrected chi connectivity index (χ3v) is 16.8. The van der Waals surface area contributed by atoms with Gasteiger partial charge in [-0.15, -0.1) is 0 Å². The first-order chi connectivity index (χ1) is 39.6. The van der Waals surface area contributed by atoms with E-state index in [2.05, 4.69) is 55.4 Å². The minimum Gasteiger partial charge on any atom is -0.462 e. The van der Waals surface area contributed by atoms with E-state index in [1.54, 1.807) is 0 Å². The van der Waals surface area contributed by atoms with Gasteiger partial charge in [0.2, 0.25) is 0 Å². The van der Waals surface area contributed by atoms with Crippen molar-refractivity contribution in [3.05, 3.63) is 0 Å². The van der Waals surface area contributed by atoms with Crippen molar-refractivity contribution in [2.45, 2.75) is 324 Å². The Labute approximate surface area is 505 Å². The predicted molar refractivity (Wildman–Crippen MR) is 331 cm³/mol. The first-order valence-corrected chi connectivity index (χ1v) is 36.2. The number of aliphatic hydroxyl groups is 1. The normalized spacial score (nSPS) is 14.8. The van der Waals surface area contributed by atoms with Gasteiger partial charge >= 0.3 is 39.5 Å². The third-order valence-electron chi connectivity index (χ3n) is 14.9. The molecule has 0 amide bonds. The van der Waals surface area contributed by atoms with Gasteiger partial charge in [-0.25, -0.2) is 9.13 Å². The maximum atomic E-state index is 13.0. The lowest BCUT2D eigenvalue weighted by molar-refractivity contribution is -0.161. The Hall–Kier alpha value is -1.94. The molecule has 0 rings (SSSR count). The standard InChI is InChI=1S/C64H124O17P2/c1-9-57(8)43-35-27-21-23-29-37-45-62(67)75-51-60(81-64(69)47-39-31-19-15-11-13-17-25-33-41-55(4)5)53-79-83(72,73)77-49-58(65)48-76-82(70,71)78-52-59(50-74-61(66)44-36-28-22-20-26-34-42-56(6)7)80-63(68)46-38-30-18-14-10-12-16-24-32-40-54(2)3/h54-60,65H,9-53H2,1-8H3,(H,70,71)(H,72,73)/t57?,58-,59-,60-/m1/s1. The Balaban J connectivity index is 5.26. The first-order valence-electron chi connectivity index (χ1n) is 33.2. The van der Waals surface area contributed by atoms with Gasteiger partial charge < -0.3 is 33.8 Å². The van der Waals surface area contributed by atoms with E-state index < -0.39 is 97.5 Å². The average Bonchev–Trinajstić information content (AvgIpc) is 3.43. The van der Waals surface area contributed by atoms with Gasteiger partial charge in [0, 0.05) is 25.7 Å². The fourth-order valence-corrected chi connectivity index (χ4v) is 11.0. The molecule has 492 valence electrons. The summed E-state index contributed by atoms with van der Waals surface area (Å²) >= 11 is 0. The molecular weight excluding hydrogens is 1100 g/mol. The van der Waals surface area contributed by atoms with Crippen LogP contribution in [0, 0.1) is 23.7 Å². The van der Waals surface area contributed by atoms with Crippen LogP contribution < -0.4 is 0 Å². The van der Waals surface area contributed by atoms with Crippen LogP contribution in [0.4, 0.5) is 0 Å². The number of unbranched alkanes of at least 4 members (excludes halogenated alkanes) is 26. The number of rotatable bonds is 61. The fourth-order valence-electron chi connectivity index (χ4n) is 9.40. The number of hydrogen-bond acceptors (Lipinski definition) is 15. The van der Waals surface area contributed by atoms with Crippen LogP contribution in [0.25, 0.3) is 0 Å². The second-order valence-corrected chi connectivity index (χ2v) is 27.7. The Kier molecular flexibility index (Phi) is 53.0. The number of esters is 4. The zero-order valence-electron chi connectivity index (χ0n) is 53.8. The molecule has 0 aromatic carbocycles. The highest BCUT2D eigenvalue weighted by molar-refractivity contribution is 7.47. The minimum atomic E-state index is -4.95. The molecule has 83 heavy (non-hydrogen) atoms. The summed E-state index contributed by atoms with van der Waals surface area (Å²) in [5.41, 5.74) is 0. The molecule has 0 aromatic heterocycles. The van der Waals surface area contributed by atoms with Crippen molar-refractivity contribution in [1.29, 1.82) is 0 Å². The van der Waals surface area contributed by atoms with Gasteiger partial charge in [-0.05, 0) is 49.4 Å². The number of hydrogen-bond donors (Lipinski definition) is 3. The van der Waals surface area contributed by atoms with Crippen LogP contribution >= 0.6 is 15.6 Å². The van der Waals surface area contributed by atoms with Gasteiger partial charge in [0.1, 0.15) is 19.3 Å². The molecule has 3 N–H and O–H groups in total. The largest absolute Gasteiger partial charge is 0.472 e. The molecule has 0 aliphatic rings. The summed E-state index contributed by atoms with van der Waals surface area (Å²) in [7, 11) is -9.89. The summed E-state index contributed by atoms with van der Waals surface area (Å²) in [6.07, 6.45) is 33.6. The molecule has 0 bridgehead atoms. The maximum Gasteiger partial charge on any atom is 0.472 e. The number of carbonyl (C=O) groups excluding carboxylic acids is 4. The fraction of sp³-hybridized carbons (Fsp3) is 0.938. The van der Waals surface area contributed by atoms with E-state index in [1.807, 2.05) is 0 Å². The van der Waals surface area contributed by atoms with Crippen LogP contribution in [0.5, 0.6) is 0 Å². The molecule has 0 aromatic rings. The van der Waals surface area contributed by atoms with E-state index in [9.17, 15) is 43.2 Å². The Morgan fingerprint density at radius 2 is 0.578 bits per heavy atom. The summed E-state index contributed by atoms with van der Waals surface area (Å²) in [6, 6.07) is 0. The van der Waals surface area contributed by atoms with Gasteiger partial charge in [-0.3, -0.25) is 37.3 Å². The van der Waals surface area contributed by atoms with Crippen LogP contribution in [0.1, 0.15) is 306 Å². The van der Waals surface area contributed by atoms with Crippen LogP contribution in [-0.2, 0) is 65.4 Å². The van der Waals surface area contributed by atoms with Gasteiger partial charge in [0.15, 0.2) is 12.2 Å². The lowest BCUT2D eigenvalue weighted by Gasteiger charge is -2.21. The minimum absolute atomic E-state index is 0.103. The average molecular weight is 1230 g/mol. The molecule has 0 saturated carbocycles. The number of carbonyl (C=O) groups is 4. The van der Waals surface area contributed by atoms with E-state index >= 15 is 0 Å². The van der Waals surface area contributed by atoms with Crippen molar-refractivity contribution in [2.75, 3.05) is 39.6 Å². The number of ether oxygens (including phenoxy) is 4. The highest BCUT2D eigenvalue weighted by atomic mass is 31.2. The molecule has 0 aliphatic carbocycles. The smallest absolute Gasteiger partial charge is 0.462 e. The number of phosphoric ester groups is 2. The molecule has 19 heteroatoms. The molecule has 6 atom stereocenters. The molecule has 17 nitrogen and oxygen atoms in total. The second kappa shape index (κ2) is 54.2. The summed E-state index contributed by atoms with van der Waals surface area (Å²) in [6.45, 7) is 13.9. The first kappa shape index (κ1) is 81.1. The molecule has 0 radical (unpaired) electrons. The lowest BCUT2D eigenvalue weighted by atomic mass is 10.00. The van der Waals surface area contributed by atoms with Crippen molar-refractivity contribution in [3.63, 3.8) is 0 Å². The SMILES string of the molecule is CCC(C)CCCCCCCCC(=O)OC[C@H](COP(=O)(O)OC[C@H](O)COP(=O)(O)OC[C@@H](COC(=O)CCCCCCCCC(C)C)OC(=O)CCCCCCCCCCCC(C)C)OC(=O)CCCCCCCCCCCC(C)C. The van der Waals surface area contributed by atoms with E-state index in [0.717, 1.165) is 120 Å². The molecule has 3 unspecified atom stereocenters. The zero-order valence-corrected chi connectivity index (χ0v) is 55.6. The Morgan fingerprint density at radius 3 is 0.855 bits per heavy atom. The van der Waals surface area contributed by atoms with Crippen molar-refractivity contribution in [1.82, 2.24) is 0 Å². The van der Waals surface area contributed by atoms with E-state index in [0.29, 0.717) is 31.6 Å². The predicted octanol–water partition coefficient (Wildman–Crippen LogP) is 17.4. The van der Waals surface area contributed by atoms with Gasteiger partial charge in [-0.1, -0.05) is 254 Å². The number of phosphoric acid groups is 2. The van der Waals surface area contributed by atoms with E-state index in [4.69, 9.17) is 37.0 Å². The second-order valence-electron chi connectivity index (χ2n) is 24.8. The summed E-state index contributed by atoms with van der Waals surface area (Å²) < 4.78 is 68.0. The molecule has 0 heterocycles. The zero-order chi connectivity index (χ0) is 61.8. The van der Waals surface area contributed by atoms with Gasteiger partial charge in [0.05, 0.1) is 26.4 Å². The summed E-state index contributed by atoms with van der Waals surface area (Å²) in [5, 5.41) is 10.5. The lowest BCUT2D eigenvalue weighted by Crippen LogP contribution is -2.30. The summed E-state index contributed by atoms with van der Waals surface area (Å²) in [5.74, 6) is 0.742. The maximum absolute atomic E-state index is 13.0. The molecule has 0 aliphatic heterocycles. The third kappa shape index (κ3) is 57.6. The van der Waals surface area contributed by atoms with Crippen LogP contribution in [0.15, 0.2) is 0 Å². The van der Waals surface area contributed by atoms with Gasteiger partial charge in [0.25, 0.3) is 0 Å². The Bertz CT molecular complexity index is 1660.